The Balaban J connectivity index is 2.08. The van der Waals surface area contributed by atoms with E-state index in [0.717, 1.165) is 57.4 Å². The number of nitrogens with one attached hydrogen (secondary N) is 1. The number of hydrogen-bond acceptors (Lipinski definition) is 2. The summed E-state index contributed by atoms with van der Waals surface area (Å²) in [5.74, 6) is 0.268. The van der Waals surface area contributed by atoms with Crippen molar-refractivity contribution in [2.45, 2.75) is 33.6 Å². The Morgan fingerprint density at radius 3 is 2.26 bits per heavy atom. The van der Waals surface area contributed by atoms with Crippen LogP contribution in [-0.2, 0) is 6.42 Å². The van der Waals surface area contributed by atoms with Gasteiger partial charge in [-0.15, -0.1) is 0 Å². The highest BCUT2D eigenvalue weighted by molar-refractivity contribution is 6.35. The first-order chi connectivity index (χ1) is 12.8. The fourth-order valence-corrected chi connectivity index (χ4v) is 3.55. The lowest BCUT2D eigenvalue weighted by Crippen LogP contribution is -2.16. The van der Waals surface area contributed by atoms with Gasteiger partial charge in [0.25, 0.3) is 0 Å². The van der Waals surface area contributed by atoms with E-state index in [-0.39, 0.29) is 5.75 Å². The standard InChI is InChI=1S/C24H24BNO/c1-5-6-20-15(3)23(25)16(4)24(27)22(20)18-11-9-17(10-12-18)19-8-7-14(2)21(26)13-19/h7-13,26-27H,2,5-6H2,1,3-4H3. The van der Waals surface area contributed by atoms with Gasteiger partial charge in [-0.3, -0.25) is 0 Å². The third kappa shape index (κ3) is 3.42. The summed E-state index contributed by atoms with van der Waals surface area (Å²) >= 11 is 0. The van der Waals surface area contributed by atoms with Gasteiger partial charge in [0.1, 0.15) is 13.6 Å². The number of phenols is 1. The van der Waals surface area contributed by atoms with Crippen LogP contribution in [0.5, 0.6) is 5.75 Å². The molecule has 2 N–H and O–H groups in total. The second-order valence-electron chi connectivity index (χ2n) is 7.07. The van der Waals surface area contributed by atoms with E-state index in [0.29, 0.717) is 11.2 Å². The van der Waals surface area contributed by atoms with Crippen LogP contribution in [0.4, 0.5) is 0 Å². The van der Waals surface area contributed by atoms with Gasteiger partial charge in [0.2, 0.25) is 0 Å². The number of rotatable bonds is 4. The lowest BCUT2D eigenvalue weighted by atomic mass is 9.79. The fourth-order valence-electron chi connectivity index (χ4n) is 3.55. The Morgan fingerprint density at radius 2 is 1.67 bits per heavy atom. The van der Waals surface area contributed by atoms with Crippen molar-refractivity contribution >= 4 is 24.6 Å². The average Bonchev–Trinajstić information content (AvgIpc) is 2.67. The zero-order chi connectivity index (χ0) is 19.7. The molecule has 0 amide bonds. The third-order valence-electron chi connectivity index (χ3n) is 5.27. The van der Waals surface area contributed by atoms with E-state index in [9.17, 15) is 5.11 Å². The van der Waals surface area contributed by atoms with E-state index < -0.39 is 0 Å². The molecule has 134 valence electrons. The molecule has 0 saturated heterocycles. The molecule has 1 aliphatic rings. The molecule has 0 atom stereocenters. The van der Waals surface area contributed by atoms with Crippen LogP contribution in [0.3, 0.4) is 0 Å². The van der Waals surface area contributed by atoms with Gasteiger partial charge < -0.3 is 10.5 Å². The van der Waals surface area contributed by atoms with Crippen molar-refractivity contribution in [2.24, 2.45) is 0 Å². The molecule has 1 aliphatic carbocycles. The average molecular weight is 353 g/mol. The van der Waals surface area contributed by atoms with Crippen LogP contribution in [0.25, 0.3) is 16.7 Å². The zero-order valence-corrected chi connectivity index (χ0v) is 16.2. The number of allylic oxidation sites excluding steroid dienone is 5. The smallest absolute Gasteiger partial charge is 0.126 e. The summed E-state index contributed by atoms with van der Waals surface area (Å²) in [5.41, 5.74) is 8.60. The van der Waals surface area contributed by atoms with Crippen LogP contribution in [0.15, 0.2) is 54.6 Å². The third-order valence-corrected chi connectivity index (χ3v) is 5.27. The zero-order valence-electron chi connectivity index (χ0n) is 16.2. The molecule has 3 rings (SSSR count). The topological polar surface area (TPSA) is 44.1 Å². The van der Waals surface area contributed by atoms with Gasteiger partial charge in [-0.1, -0.05) is 67.4 Å². The summed E-state index contributed by atoms with van der Waals surface area (Å²) in [6, 6.07) is 8.12. The Bertz CT molecular complexity index is 994. The van der Waals surface area contributed by atoms with Crippen LogP contribution < -0.4 is 5.46 Å². The maximum atomic E-state index is 10.8. The SMILES string of the molecule is [B]c1c(C)c(O)c(-c2ccc(C3=CC(=N)C(=C)C=C3)cc2)c(CCC)c1C. The maximum absolute atomic E-state index is 10.8. The van der Waals surface area contributed by atoms with Gasteiger partial charge in [0.15, 0.2) is 0 Å². The molecular formula is C24H24BNO. The molecule has 0 heterocycles. The Kier molecular flexibility index (Phi) is 5.23. The predicted octanol–water partition coefficient (Wildman–Crippen LogP) is 4.95. The van der Waals surface area contributed by atoms with E-state index in [4.69, 9.17) is 13.3 Å². The summed E-state index contributed by atoms with van der Waals surface area (Å²) in [5, 5.41) is 18.8. The molecular weight excluding hydrogens is 329 g/mol. The van der Waals surface area contributed by atoms with Gasteiger partial charge >= 0.3 is 0 Å². The van der Waals surface area contributed by atoms with E-state index in [2.05, 4.69) is 13.5 Å². The Morgan fingerprint density at radius 1 is 1.04 bits per heavy atom. The highest BCUT2D eigenvalue weighted by atomic mass is 16.3. The largest absolute Gasteiger partial charge is 0.507 e. The molecule has 3 heteroatoms. The highest BCUT2D eigenvalue weighted by Gasteiger charge is 2.18. The van der Waals surface area contributed by atoms with Crippen molar-refractivity contribution in [3.8, 4) is 16.9 Å². The van der Waals surface area contributed by atoms with Gasteiger partial charge in [0.05, 0.1) is 5.71 Å². The maximum Gasteiger partial charge on any atom is 0.126 e. The fraction of sp³-hybridized carbons (Fsp3) is 0.208. The van der Waals surface area contributed by atoms with Gasteiger partial charge in [-0.2, -0.15) is 0 Å². The number of aromatic hydroxyl groups is 1. The first-order valence-electron chi connectivity index (χ1n) is 9.24. The van der Waals surface area contributed by atoms with E-state index in [1.807, 2.05) is 56.3 Å². The molecule has 0 saturated carbocycles. The van der Waals surface area contributed by atoms with Crippen molar-refractivity contribution in [3.05, 3.63) is 76.9 Å². The summed E-state index contributed by atoms with van der Waals surface area (Å²) in [6.45, 7) is 9.86. The Labute approximate surface area is 162 Å². The predicted molar refractivity (Wildman–Crippen MR) is 116 cm³/mol. The first-order valence-corrected chi connectivity index (χ1v) is 9.24. The minimum atomic E-state index is 0.268. The van der Waals surface area contributed by atoms with Gasteiger partial charge in [-0.05, 0) is 59.7 Å². The second kappa shape index (κ2) is 7.44. The summed E-state index contributed by atoms with van der Waals surface area (Å²) < 4.78 is 0. The molecule has 0 bridgehead atoms. The van der Waals surface area contributed by atoms with E-state index >= 15 is 0 Å². The lowest BCUT2D eigenvalue weighted by molar-refractivity contribution is 0.473. The molecule has 2 aromatic rings. The van der Waals surface area contributed by atoms with Crippen molar-refractivity contribution in [3.63, 3.8) is 0 Å². The molecule has 2 aromatic carbocycles. The van der Waals surface area contributed by atoms with Crippen molar-refractivity contribution < 1.29 is 5.11 Å². The van der Waals surface area contributed by atoms with Gasteiger partial charge in [-0.25, -0.2) is 0 Å². The summed E-state index contributed by atoms with van der Waals surface area (Å²) in [4.78, 5) is 0. The van der Waals surface area contributed by atoms with Gasteiger partial charge in [0, 0.05) is 5.56 Å². The van der Waals surface area contributed by atoms with E-state index in [1.54, 1.807) is 0 Å². The van der Waals surface area contributed by atoms with Crippen LogP contribution in [-0.4, -0.2) is 18.7 Å². The highest BCUT2D eigenvalue weighted by Crippen LogP contribution is 2.37. The number of phenolic OH excluding ortho intramolecular Hbond substituents is 1. The number of benzene rings is 2. The molecule has 2 radical (unpaired) electrons. The quantitative estimate of drug-likeness (QED) is 0.751. The van der Waals surface area contributed by atoms with Crippen LogP contribution in [0.1, 0.15) is 35.6 Å². The monoisotopic (exact) mass is 353 g/mol. The van der Waals surface area contributed by atoms with Crippen molar-refractivity contribution in [1.29, 1.82) is 5.41 Å². The molecule has 2 nitrogen and oxygen atoms in total. The first kappa shape index (κ1) is 19.0. The van der Waals surface area contributed by atoms with Crippen molar-refractivity contribution in [2.75, 3.05) is 0 Å². The molecule has 0 fully saturated rings. The Hall–Kier alpha value is -2.81. The molecule has 0 unspecified atom stereocenters. The van der Waals surface area contributed by atoms with E-state index in [1.165, 1.54) is 0 Å². The van der Waals surface area contributed by atoms with Crippen LogP contribution in [0.2, 0.25) is 0 Å². The minimum Gasteiger partial charge on any atom is -0.507 e. The van der Waals surface area contributed by atoms with Crippen LogP contribution in [0, 0.1) is 19.3 Å². The van der Waals surface area contributed by atoms with Crippen LogP contribution >= 0.6 is 0 Å². The molecule has 0 aromatic heterocycles. The lowest BCUT2D eigenvalue weighted by Gasteiger charge is -2.20. The summed E-state index contributed by atoms with van der Waals surface area (Å²) in [7, 11) is 6.20. The molecule has 0 spiro atoms. The van der Waals surface area contributed by atoms with Crippen molar-refractivity contribution in [1.82, 2.24) is 0 Å². The molecule has 27 heavy (non-hydrogen) atoms. The second-order valence-corrected chi connectivity index (χ2v) is 7.07. The minimum absolute atomic E-state index is 0.268. The molecule has 0 aliphatic heterocycles. The number of hydrogen-bond donors (Lipinski definition) is 2. The normalized spacial score (nSPS) is 13.8. The summed E-state index contributed by atoms with van der Waals surface area (Å²) in [6.07, 6.45) is 7.52.